The van der Waals surface area contributed by atoms with Gasteiger partial charge in [-0.3, -0.25) is 32.8 Å². The van der Waals surface area contributed by atoms with Crippen LogP contribution in [0.15, 0.2) is 119 Å². The summed E-state index contributed by atoms with van der Waals surface area (Å²) in [6.45, 7) is 4.62. The van der Waals surface area contributed by atoms with E-state index in [1.165, 1.54) is 18.2 Å². The van der Waals surface area contributed by atoms with Crippen molar-refractivity contribution in [3.63, 3.8) is 0 Å². The topological polar surface area (TPSA) is 453 Å². The van der Waals surface area contributed by atoms with Crippen LogP contribution < -0.4 is 31.6 Å². The number of aliphatic hydroxyl groups excluding tert-OH is 1. The fourth-order valence-corrected chi connectivity index (χ4v) is 16.5. The van der Waals surface area contributed by atoms with E-state index in [-0.39, 0.29) is 68.0 Å². The van der Waals surface area contributed by atoms with Crippen molar-refractivity contribution in [2.24, 2.45) is 0 Å². The van der Waals surface area contributed by atoms with Crippen LogP contribution in [0.5, 0.6) is 5.75 Å². The monoisotopic (exact) mass is 1420 g/mol. The van der Waals surface area contributed by atoms with Crippen molar-refractivity contribution >= 4 is 118 Å². The first-order valence-corrected chi connectivity index (χ1v) is 37.6. The van der Waals surface area contributed by atoms with Gasteiger partial charge in [0, 0.05) is 78.6 Å². The Bertz CT molecular complexity index is 4460. The molecule has 4 aliphatic heterocycles. The van der Waals surface area contributed by atoms with Gasteiger partial charge >= 0.3 is 28.5 Å². The minimum atomic E-state index is -5.74. The van der Waals surface area contributed by atoms with Gasteiger partial charge in [-0.25, -0.2) is 23.2 Å². The van der Waals surface area contributed by atoms with Crippen LogP contribution in [0.2, 0.25) is 0 Å². The van der Waals surface area contributed by atoms with E-state index in [0.717, 1.165) is 51.0 Å². The number of amides is 2. The van der Waals surface area contributed by atoms with E-state index in [2.05, 4.69) is 96.8 Å². The smallest absolute Gasteiger partial charge is 0.456 e. The van der Waals surface area contributed by atoms with Gasteiger partial charge in [0.15, 0.2) is 29.2 Å². The molecule has 31 nitrogen and oxygen atoms in total. The van der Waals surface area contributed by atoms with E-state index in [9.17, 15) is 74.1 Å². The van der Waals surface area contributed by atoms with E-state index in [1.807, 2.05) is 55.5 Å². The van der Waals surface area contributed by atoms with Gasteiger partial charge in [-0.1, -0.05) is 60.7 Å². The second kappa shape index (κ2) is 28.0. The average Bonchev–Trinajstić information content (AvgIpc) is 1.52. The Hall–Kier alpha value is -6.91. The number of aromatic nitrogens is 4. The number of allylic oxidation sites excluding steroid dienone is 8. The summed E-state index contributed by atoms with van der Waals surface area (Å²) in [6, 6.07) is 17.9. The third kappa shape index (κ3) is 16.8. The maximum absolute atomic E-state index is 13.5. The number of benzene rings is 3. The van der Waals surface area contributed by atoms with Gasteiger partial charge in [0.25, 0.3) is 25.8 Å². The van der Waals surface area contributed by atoms with E-state index >= 15 is 0 Å². The summed E-state index contributed by atoms with van der Waals surface area (Å²) in [5, 5.41) is 16.4. The largest absolute Gasteiger partial charge is 0.488 e. The van der Waals surface area contributed by atoms with Gasteiger partial charge in [-0.15, -0.1) is 0 Å². The number of likely N-dealkylation sites (N-methyl/N-ethyl adjacent to an activating group) is 1. The van der Waals surface area contributed by atoms with Gasteiger partial charge < -0.3 is 60.2 Å². The summed E-state index contributed by atoms with van der Waals surface area (Å²) >= 11 is 4.09. The van der Waals surface area contributed by atoms with Crippen LogP contribution in [0, 0.1) is 0 Å². The highest BCUT2D eigenvalue weighted by Crippen LogP contribution is 2.66. The van der Waals surface area contributed by atoms with Crippen LogP contribution >= 0.6 is 22.4 Å². The fourth-order valence-electron chi connectivity index (χ4n) is 11.7. The molecule has 37 heteroatoms. The molecule has 5 aromatic rings. The quantitative estimate of drug-likeness (QED) is 0.00989. The van der Waals surface area contributed by atoms with E-state index < -0.39 is 107 Å². The number of imidazole rings is 1. The molecule has 4 aliphatic rings. The number of carbonyl (C=O) groups excluding carboxylic acids is 2. The maximum atomic E-state index is 13.5. The summed E-state index contributed by atoms with van der Waals surface area (Å²) in [7, 11) is -20.6. The number of H-pyrrole nitrogens is 1. The minimum absolute atomic E-state index is 0.0358. The number of phosphoric ester groups is 1. The first-order chi connectivity index (χ1) is 44.0. The number of aromatic amines is 1. The first-order valence-electron chi connectivity index (χ1n) is 28.9. The molecule has 2 aromatic heterocycles. The lowest BCUT2D eigenvalue weighted by Crippen LogP contribution is -2.44. The molecule has 1 saturated heterocycles. The van der Waals surface area contributed by atoms with Crippen LogP contribution in [0.3, 0.4) is 0 Å². The zero-order valence-corrected chi connectivity index (χ0v) is 56.0. The van der Waals surface area contributed by atoms with Gasteiger partial charge in [0.05, 0.1) is 34.5 Å². The second-order valence-corrected chi connectivity index (χ2v) is 31.7. The number of nitrogens with zero attached hydrogens (tertiary/aromatic N) is 5. The predicted molar refractivity (Wildman–Crippen MR) is 347 cm³/mol. The third-order valence-electron chi connectivity index (χ3n) is 15.7. The first kappa shape index (κ1) is 71.4. The van der Waals surface area contributed by atoms with Gasteiger partial charge in [-0.05, 0) is 94.7 Å². The molecule has 2 amide bonds. The standard InChI is InChI=1S/C57H68N9O22P3S3/c1-6-66-42-30-44-39(29-38(42)34(2)31-56(66,3)4)36(27-43(84-44)35-15-9-7-10-16-35)17-11-8-12-18-46-57(5,40-28-37(94(80,81)82)20-21-41(40)64(46)25-14-26-93(77,78)79)22-13-19-47(67)59-23-24-60-55(70)86-50-49(68)45(32-83-89(71,72)87-90(73,74)88-91(75,76)92)85-53(50)65-33-61-48-51(65)62-54(58)63-52(48)69/h7-12,15-18,20-21,27-31,33,45,49-50,53,68H,6,13-14,19,22-26,32H2,1-5H3,(H10-,58,59,60,62,63,67,69,70,71,72,73,74,75,76,77,78,79,80,81,82,92)/p+1/t45-,49-,50-,53-,57?/m1/s1. The highest BCUT2D eigenvalue weighted by atomic mass is 32.5. The third-order valence-corrected chi connectivity index (χ3v) is 21.8. The van der Waals surface area contributed by atoms with Crippen molar-refractivity contribution in [3.05, 3.63) is 142 Å². The maximum Gasteiger partial charge on any atom is 0.488 e. The Balaban J connectivity index is 0.902. The number of alkyl carbamates (subject to hydrolysis) is 1. The summed E-state index contributed by atoms with van der Waals surface area (Å²) in [4.78, 5) is 90.0. The lowest BCUT2D eigenvalue weighted by atomic mass is 9.75. The van der Waals surface area contributed by atoms with Crippen LogP contribution in [0.25, 0.3) is 28.1 Å². The number of carbonyl (C=O) groups is 2. The van der Waals surface area contributed by atoms with Crippen molar-refractivity contribution in [2.45, 2.75) is 101 Å². The van der Waals surface area contributed by atoms with Gasteiger partial charge in [0.1, 0.15) is 30.3 Å². The molecule has 0 aliphatic carbocycles. The molecule has 9 rings (SSSR count). The SMILES string of the molecule is CCN1c2cc3c(cc2C(C)=CC1(C)C)C(=CC=CC=CC1=[N+](CCCS(=O)(=O)O)c2ccc(S(=O)(=O)O)cc2C1(C)CCCC(=O)NCCNC(=O)O[C@@H]1[C@H](O)[C@@H](COP(=O)(O)OP(=O)(O)OP(O)(O)=S)O[C@H]1n1cnc2c(=O)[nH]c(N)nc21)C=C(c1ccccc1)O3. The highest BCUT2D eigenvalue weighted by molar-refractivity contribution is 8.08. The van der Waals surface area contributed by atoms with E-state index in [1.54, 1.807) is 22.8 Å². The number of nitrogen functional groups attached to an aromatic ring is 1. The molecule has 0 spiro atoms. The lowest BCUT2D eigenvalue weighted by Gasteiger charge is -2.43. The molecular weight excluding hydrogens is 1350 g/mol. The molecule has 0 bridgehead atoms. The van der Waals surface area contributed by atoms with E-state index in [4.69, 9.17) is 24.5 Å². The Morgan fingerprint density at radius 2 is 1.67 bits per heavy atom. The van der Waals surface area contributed by atoms with Crippen LogP contribution in [-0.2, 0) is 74.0 Å². The molecule has 1 fully saturated rings. The molecule has 7 atom stereocenters. The molecule has 6 heterocycles. The van der Waals surface area contributed by atoms with Gasteiger partial charge in [-0.2, -0.15) is 30.7 Å². The van der Waals surface area contributed by atoms with Crippen LogP contribution in [0.1, 0.15) is 88.8 Å². The number of ether oxygens (including phenoxy) is 3. The number of phosphoric acid groups is 2. The number of rotatable bonds is 26. The van der Waals surface area contributed by atoms with Crippen molar-refractivity contribution < 1.29 is 101 Å². The number of anilines is 2. The summed E-state index contributed by atoms with van der Waals surface area (Å²) in [5.41, 5.74) is 10.4. The normalized spacial score (nSPS) is 22.1. The van der Waals surface area contributed by atoms with Crippen molar-refractivity contribution in [1.82, 2.24) is 30.2 Å². The molecule has 12 N–H and O–H groups in total. The lowest BCUT2D eigenvalue weighted by molar-refractivity contribution is -0.437. The Labute approximate surface area is 543 Å². The number of hydrogen-bond acceptors (Lipinski definition) is 21. The molecule has 0 saturated carbocycles. The summed E-state index contributed by atoms with van der Waals surface area (Å²) in [6.07, 6.45) is 6.19. The van der Waals surface area contributed by atoms with Crippen molar-refractivity contribution in [3.8, 4) is 5.75 Å². The molecule has 3 unspecified atom stereocenters. The number of nitrogens with one attached hydrogen (secondary N) is 3. The summed E-state index contributed by atoms with van der Waals surface area (Å²) < 4.78 is 127. The Morgan fingerprint density at radius 1 is 0.947 bits per heavy atom. The van der Waals surface area contributed by atoms with Crippen molar-refractivity contribution in [2.75, 3.05) is 49.2 Å². The molecular formula is C57H69N9O22P3S3+. The Morgan fingerprint density at radius 3 is 2.36 bits per heavy atom. The average molecular weight is 1420 g/mol. The number of fused-ring (bicyclic) bond motifs is 4. The molecule has 94 heavy (non-hydrogen) atoms. The van der Waals surface area contributed by atoms with Crippen molar-refractivity contribution in [1.29, 1.82) is 0 Å². The number of hydrogen-bond donors (Lipinski definition) is 11. The zero-order chi connectivity index (χ0) is 68.5. The second-order valence-electron chi connectivity index (χ2n) is 22.8. The molecule has 506 valence electrons. The van der Waals surface area contributed by atoms with Gasteiger partial charge in [0.2, 0.25) is 17.5 Å². The van der Waals surface area contributed by atoms with E-state index in [0.29, 0.717) is 28.5 Å². The molecule has 3 aromatic carbocycles. The summed E-state index contributed by atoms with van der Waals surface area (Å²) in [5.74, 6) is -0.156. The zero-order valence-electron chi connectivity index (χ0n) is 50.9. The number of nitrogens with two attached hydrogens (primary N) is 1. The van der Waals surface area contributed by atoms with Crippen LogP contribution in [0.4, 0.5) is 22.1 Å². The van der Waals surface area contributed by atoms with Crippen LogP contribution in [-0.4, -0.2) is 155 Å². The predicted octanol–water partition coefficient (Wildman–Crippen LogP) is 6.03. The number of aliphatic hydroxyl groups is 1. The highest BCUT2D eigenvalue weighted by Gasteiger charge is 2.51. The fraction of sp³-hybridized carbons (Fsp3) is 0.368. The molecule has 0 radical (unpaired) electrons. The Kier molecular flexibility index (Phi) is 21.3. The minimum Gasteiger partial charge on any atom is -0.456 e.